The summed E-state index contributed by atoms with van der Waals surface area (Å²) in [5.41, 5.74) is 7.62. The minimum Gasteiger partial charge on any atom is -0.399 e. The Hall–Kier alpha value is -0.990. The van der Waals surface area contributed by atoms with Crippen LogP contribution < -0.4 is 5.73 Å². The highest BCUT2D eigenvalue weighted by atomic mass is 35.5. The zero-order chi connectivity index (χ0) is 12.0. The molecule has 0 radical (unpaired) electrons. The molecule has 0 saturated carbocycles. The fourth-order valence-corrected chi connectivity index (χ4v) is 1.93. The Kier molecular flexibility index (Phi) is 5.36. The second-order valence-corrected chi connectivity index (χ2v) is 4.50. The molecule has 16 heavy (non-hydrogen) atoms. The van der Waals surface area contributed by atoms with E-state index in [0.29, 0.717) is 5.02 Å². The van der Waals surface area contributed by atoms with E-state index in [1.165, 1.54) is 0 Å². The van der Waals surface area contributed by atoms with Gasteiger partial charge in [-0.25, -0.2) is 0 Å². The summed E-state index contributed by atoms with van der Waals surface area (Å²) >= 11 is 5.95. The van der Waals surface area contributed by atoms with Crippen molar-refractivity contribution in [2.75, 3.05) is 19.3 Å². The standard InChI is InChI=1S/C13H19ClN2/c1-3-4-5-6-16(2)10-11-7-12(14)9-13(15)8-11/h3,7-9H,1,4-6,10,15H2,2H3. The number of anilines is 1. The SMILES string of the molecule is C=CCCCN(C)Cc1cc(N)cc(Cl)c1. The highest BCUT2D eigenvalue weighted by molar-refractivity contribution is 6.30. The lowest BCUT2D eigenvalue weighted by Gasteiger charge is -2.16. The van der Waals surface area contributed by atoms with Gasteiger partial charge in [0.2, 0.25) is 0 Å². The van der Waals surface area contributed by atoms with E-state index in [4.69, 9.17) is 17.3 Å². The van der Waals surface area contributed by atoms with E-state index in [1.807, 2.05) is 18.2 Å². The third kappa shape index (κ3) is 4.69. The van der Waals surface area contributed by atoms with Gasteiger partial charge >= 0.3 is 0 Å². The zero-order valence-corrected chi connectivity index (χ0v) is 10.5. The predicted octanol–water partition coefficient (Wildman–Crippen LogP) is 3.32. The number of hydrogen-bond donors (Lipinski definition) is 1. The van der Waals surface area contributed by atoms with Crippen LogP contribution in [0.1, 0.15) is 18.4 Å². The lowest BCUT2D eigenvalue weighted by atomic mass is 10.2. The molecule has 3 heteroatoms. The molecule has 1 rings (SSSR count). The molecule has 0 atom stereocenters. The normalized spacial score (nSPS) is 10.7. The average molecular weight is 239 g/mol. The van der Waals surface area contributed by atoms with Crippen LogP contribution in [0.3, 0.4) is 0 Å². The second kappa shape index (κ2) is 6.56. The number of nitrogens with two attached hydrogens (primary N) is 1. The van der Waals surface area contributed by atoms with Gasteiger partial charge in [-0.05, 0) is 50.2 Å². The van der Waals surface area contributed by atoms with Crippen LogP contribution in [-0.4, -0.2) is 18.5 Å². The van der Waals surface area contributed by atoms with Gasteiger partial charge in [-0.3, -0.25) is 0 Å². The number of allylic oxidation sites excluding steroid dienone is 1. The minimum atomic E-state index is 0.703. The van der Waals surface area contributed by atoms with E-state index in [2.05, 4.69) is 18.5 Å². The first-order valence-corrected chi connectivity index (χ1v) is 5.84. The van der Waals surface area contributed by atoms with Crippen LogP contribution in [0.4, 0.5) is 5.69 Å². The molecular formula is C13H19ClN2. The molecule has 88 valence electrons. The topological polar surface area (TPSA) is 29.3 Å². The third-order valence-corrected chi connectivity index (χ3v) is 2.60. The molecule has 2 N–H and O–H groups in total. The molecule has 0 aliphatic carbocycles. The number of hydrogen-bond acceptors (Lipinski definition) is 2. The van der Waals surface area contributed by atoms with Crippen molar-refractivity contribution in [3.05, 3.63) is 41.4 Å². The lowest BCUT2D eigenvalue weighted by Crippen LogP contribution is -2.19. The van der Waals surface area contributed by atoms with Crippen LogP contribution in [0, 0.1) is 0 Å². The van der Waals surface area contributed by atoms with Crippen molar-refractivity contribution in [1.29, 1.82) is 0 Å². The van der Waals surface area contributed by atoms with Crippen molar-refractivity contribution in [3.8, 4) is 0 Å². The quantitative estimate of drug-likeness (QED) is 0.468. The van der Waals surface area contributed by atoms with E-state index < -0.39 is 0 Å². The molecule has 0 saturated heterocycles. The molecule has 0 fully saturated rings. The highest BCUT2D eigenvalue weighted by Gasteiger charge is 2.02. The first kappa shape index (κ1) is 13.1. The molecule has 0 spiro atoms. The smallest absolute Gasteiger partial charge is 0.0429 e. The number of halogens is 1. The molecule has 0 unspecified atom stereocenters. The maximum atomic E-state index is 5.95. The van der Waals surface area contributed by atoms with E-state index in [9.17, 15) is 0 Å². The van der Waals surface area contributed by atoms with E-state index >= 15 is 0 Å². The van der Waals surface area contributed by atoms with Crippen LogP contribution in [0.15, 0.2) is 30.9 Å². The Bertz CT molecular complexity index is 330. The van der Waals surface area contributed by atoms with Crippen LogP contribution in [0.5, 0.6) is 0 Å². The van der Waals surface area contributed by atoms with Gasteiger partial charge in [0.1, 0.15) is 0 Å². The van der Waals surface area contributed by atoms with Crippen LogP contribution in [0.2, 0.25) is 5.02 Å². The van der Waals surface area contributed by atoms with E-state index in [0.717, 1.165) is 37.2 Å². The Labute approximate surface area is 103 Å². The van der Waals surface area contributed by atoms with Crippen molar-refractivity contribution in [3.63, 3.8) is 0 Å². The lowest BCUT2D eigenvalue weighted by molar-refractivity contribution is 0.323. The third-order valence-electron chi connectivity index (χ3n) is 2.38. The first-order valence-electron chi connectivity index (χ1n) is 5.46. The Balaban J connectivity index is 2.48. The van der Waals surface area contributed by atoms with Gasteiger partial charge in [-0.15, -0.1) is 6.58 Å². The summed E-state index contributed by atoms with van der Waals surface area (Å²) in [5, 5.41) is 0.703. The number of nitrogen functional groups attached to an aromatic ring is 1. The van der Waals surface area contributed by atoms with Crippen molar-refractivity contribution < 1.29 is 0 Å². The minimum absolute atomic E-state index is 0.703. The molecule has 0 bridgehead atoms. The van der Waals surface area contributed by atoms with Gasteiger partial charge in [0.05, 0.1) is 0 Å². The molecule has 0 heterocycles. The number of benzene rings is 1. The molecule has 2 nitrogen and oxygen atoms in total. The maximum absolute atomic E-state index is 5.95. The van der Waals surface area contributed by atoms with Crippen molar-refractivity contribution in [2.24, 2.45) is 0 Å². The summed E-state index contributed by atoms with van der Waals surface area (Å²) < 4.78 is 0. The van der Waals surface area contributed by atoms with Gasteiger partial charge in [0, 0.05) is 17.3 Å². The van der Waals surface area contributed by atoms with Crippen LogP contribution in [-0.2, 0) is 6.54 Å². The van der Waals surface area contributed by atoms with Crippen molar-refractivity contribution in [2.45, 2.75) is 19.4 Å². The number of rotatable bonds is 6. The molecule has 1 aromatic rings. The molecule has 0 aromatic heterocycles. The molecule has 1 aromatic carbocycles. The van der Waals surface area contributed by atoms with Gasteiger partial charge in [-0.2, -0.15) is 0 Å². The van der Waals surface area contributed by atoms with Gasteiger partial charge < -0.3 is 10.6 Å². The van der Waals surface area contributed by atoms with Crippen LogP contribution >= 0.6 is 11.6 Å². The molecule has 0 aliphatic heterocycles. The monoisotopic (exact) mass is 238 g/mol. The summed E-state index contributed by atoms with van der Waals surface area (Å²) in [6, 6.07) is 5.70. The number of unbranched alkanes of at least 4 members (excludes halogenated alkanes) is 1. The summed E-state index contributed by atoms with van der Waals surface area (Å²) in [7, 11) is 2.10. The first-order chi connectivity index (χ1) is 7.61. The fourth-order valence-electron chi connectivity index (χ4n) is 1.66. The highest BCUT2D eigenvalue weighted by Crippen LogP contribution is 2.17. The average Bonchev–Trinajstić information content (AvgIpc) is 2.16. The fraction of sp³-hybridized carbons (Fsp3) is 0.385. The summed E-state index contributed by atoms with van der Waals surface area (Å²) in [6.45, 7) is 5.64. The van der Waals surface area contributed by atoms with Crippen LogP contribution in [0.25, 0.3) is 0 Å². The molecular weight excluding hydrogens is 220 g/mol. The maximum Gasteiger partial charge on any atom is 0.0429 e. The van der Waals surface area contributed by atoms with E-state index in [-0.39, 0.29) is 0 Å². The van der Waals surface area contributed by atoms with Crippen molar-refractivity contribution >= 4 is 17.3 Å². The molecule has 0 aliphatic rings. The van der Waals surface area contributed by atoms with Gasteiger partial charge in [0.25, 0.3) is 0 Å². The summed E-state index contributed by atoms with van der Waals surface area (Å²) in [6.07, 6.45) is 4.14. The Morgan fingerprint density at radius 1 is 1.44 bits per heavy atom. The Morgan fingerprint density at radius 2 is 2.19 bits per heavy atom. The van der Waals surface area contributed by atoms with Gasteiger partial charge in [-0.1, -0.05) is 17.7 Å². The summed E-state index contributed by atoms with van der Waals surface area (Å²) in [5.74, 6) is 0. The van der Waals surface area contributed by atoms with Gasteiger partial charge in [0.15, 0.2) is 0 Å². The molecule has 0 amide bonds. The van der Waals surface area contributed by atoms with E-state index in [1.54, 1.807) is 6.07 Å². The van der Waals surface area contributed by atoms with Crippen molar-refractivity contribution in [1.82, 2.24) is 4.90 Å². The second-order valence-electron chi connectivity index (χ2n) is 4.06. The Morgan fingerprint density at radius 3 is 2.81 bits per heavy atom. The number of nitrogens with zero attached hydrogens (tertiary/aromatic N) is 1. The largest absolute Gasteiger partial charge is 0.399 e. The predicted molar refractivity (Wildman–Crippen MR) is 71.6 cm³/mol. The summed E-state index contributed by atoms with van der Waals surface area (Å²) in [4.78, 5) is 2.26. The zero-order valence-electron chi connectivity index (χ0n) is 9.75.